The zero-order valence-corrected chi connectivity index (χ0v) is 13.8. The molecule has 1 aliphatic heterocycles. The molecule has 5 heteroatoms. The standard InChI is InChI=1S/C19H24N2O3/c22-17(23)19-10-2-5-15(19)11-21(12-19)18(24)20-16-8-6-14(7-9-16)13-3-1-4-13/h6-9,13,15H,1-5,10-12H2,(H,20,24)(H,22,23)/t15-,19+/m0/s1. The number of hydrogen-bond acceptors (Lipinski definition) is 2. The molecule has 2 saturated carbocycles. The van der Waals surface area contributed by atoms with Gasteiger partial charge in [-0.2, -0.15) is 0 Å². The van der Waals surface area contributed by atoms with E-state index in [1.165, 1.54) is 24.8 Å². The Bertz CT molecular complexity index is 653. The molecule has 24 heavy (non-hydrogen) atoms. The van der Waals surface area contributed by atoms with E-state index >= 15 is 0 Å². The van der Waals surface area contributed by atoms with Gasteiger partial charge in [0.2, 0.25) is 0 Å². The Balaban J connectivity index is 1.41. The van der Waals surface area contributed by atoms with Crippen LogP contribution in [0.25, 0.3) is 0 Å². The molecule has 1 saturated heterocycles. The number of aliphatic carboxylic acids is 1. The molecule has 2 N–H and O–H groups in total. The lowest BCUT2D eigenvalue weighted by molar-refractivity contribution is -0.149. The number of likely N-dealkylation sites (tertiary alicyclic amines) is 1. The number of benzene rings is 1. The summed E-state index contributed by atoms with van der Waals surface area (Å²) in [6.45, 7) is 0.886. The fraction of sp³-hybridized carbons (Fsp3) is 0.579. The highest BCUT2D eigenvalue weighted by molar-refractivity contribution is 5.90. The van der Waals surface area contributed by atoms with E-state index in [-0.39, 0.29) is 11.9 Å². The number of carbonyl (C=O) groups excluding carboxylic acids is 1. The maximum Gasteiger partial charge on any atom is 0.321 e. The fourth-order valence-electron chi connectivity index (χ4n) is 4.58. The monoisotopic (exact) mass is 328 g/mol. The van der Waals surface area contributed by atoms with Gasteiger partial charge >= 0.3 is 12.0 Å². The van der Waals surface area contributed by atoms with Gasteiger partial charge in [-0.25, -0.2) is 4.79 Å². The molecular formula is C19H24N2O3. The number of fused-ring (bicyclic) bond motifs is 1. The molecule has 2 aliphatic carbocycles. The van der Waals surface area contributed by atoms with Gasteiger partial charge in [-0.15, -0.1) is 0 Å². The second-order valence-corrected chi connectivity index (χ2v) is 7.61. The Morgan fingerprint density at radius 2 is 1.88 bits per heavy atom. The molecule has 1 heterocycles. The molecule has 0 spiro atoms. The largest absolute Gasteiger partial charge is 0.481 e. The molecule has 3 aliphatic rings. The Kier molecular flexibility index (Phi) is 3.74. The van der Waals surface area contributed by atoms with Crippen molar-refractivity contribution in [2.75, 3.05) is 18.4 Å². The van der Waals surface area contributed by atoms with Crippen molar-refractivity contribution in [3.8, 4) is 0 Å². The first-order valence-corrected chi connectivity index (χ1v) is 8.98. The summed E-state index contributed by atoms with van der Waals surface area (Å²) in [6.07, 6.45) is 6.38. The van der Waals surface area contributed by atoms with Gasteiger partial charge in [-0.05, 0) is 55.2 Å². The number of urea groups is 1. The van der Waals surface area contributed by atoms with Crippen molar-refractivity contribution in [3.05, 3.63) is 29.8 Å². The number of anilines is 1. The number of hydrogen-bond donors (Lipinski definition) is 2. The topological polar surface area (TPSA) is 69.6 Å². The van der Waals surface area contributed by atoms with Gasteiger partial charge < -0.3 is 15.3 Å². The van der Waals surface area contributed by atoms with Crippen molar-refractivity contribution < 1.29 is 14.7 Å². The smallest absolute Gasteiger partial charge is 0.321 e. The highest BCUT2D eigenvalue weighted by Gasteiger charge is 2.55. The predicted octanol–water partition coefficient (Wildman–Crippen LogP) is 3.67. The first-order valence-electron chi connectivity index (χ1n) is 8.98. The number of amides is 2. The summed E-state index contributed by atoms with van der Waals surface area (Å²) < 4.78 is 0. The van der Waals surface area contributed by atoms with E-state index in [9.17, 15) is 14.7 Å². The molecule has 0 radical (unpaired) electrons. The van der Waals surface area contributed by atoms with E-state index in [0.29, 0.717) is 25.4 Å². The van der Waals surface area contributed by atoms with E-state index in [2.05, 4.69) is 17.4 Å². The lowest BCUT2D eigenvalue weighted by Crippen LogP contribution is -2.38. The molecule has 4 rings (SSSR count). The van der Waals surface area contributed by atoms with Gasteiger partial charge in [0.25, 0.3) is 0 Å². The highest BCUT2D eigenvalue weighted by Crippen LogP contribution is 2.49. The number of carbonyl (C=O) groups is 2. The van der Waals surface area contributed by atoms with Crippen LogP contribution >= 0.6 is 0 Å². The number of nitrogens with one attached hydrogen (secondary N) is 1. The van der Waals surface area contributed by atoms with Crippen molar-refractivity contribution in [2.24, 2.45) is 11.3 Å². The van der Waals surface area contributed by atoms with Crippen LogP contribution in [0.15, 0.2) is 24.3 Å². The third kappa shape index (κ3) is 2.46. The van der Waals surface area contributed by atoms with Crippen LogP contribution in [-0.2, 0) is 4.79 Å². The SMILES string of the molecule is O=C(Nc1ccc(C2CCC2)cc1)N1C[C@@H]2CCC[C@@]2(C(=O)O)C1. The van der Waals surface area contributed by atoms with Gasteiger partial charge in [-0.1, -0.05) is 25.0 Å². The van der Waals surface area contributed by atoms with Crippen molar-refractivity contribution in [1.29, 1.82) is 0 Å². The number of carboxylic acids is 1. The van der Waals surface area contributed by atoms with Crippen LogP contribution in [0, 0.1) is 11.3 Å². The summed E-state index contributed by atoms with van der Waals surface area (Å²) in [4.78, 5) is 25.9. The van der Waals surface area contributed by atoms with Gasteiger partial charge in [0.1, 0.15) is 0 Å². The van der Waals surface area contributed by atoms with Gasteiger partial charge in [-0.3, -0.25) is 4.79 Å². The zero-order chi connectivity index (χ0) is 16.7. The molecule has 5 nitrogen and oxygen atoms in total. The average Bonchev–Trinajstić information content (AvgIpc) is 3.05. The Morgan fingerprint density at radius 3 is 2.46 bits per heavy atom. The normalized spacial score (nSPS) is 29.2. The third-order valence-corrected chi connectivity index (χ3v) is 6.32. The van der Waals surface area contributed by atoms with E-state index < -0.39 is 11.4 Å². The molecular weight excluding hydrogens is 304 g/mol. The minimum absolute atomic E-state index is 0.0988. The number of nitrogens with zero attached hydrogens (tertiary/aromatic N) is 1. The summed E-state index contributed by atoms with van der Waals surface area (Å²) >= 11 is 0. The van der Waals surface area contributed by atoms with Crippen molar-refractivity contribution in [3.63, 3.8) is 0 Å². The minimum atomic E-state index is -0.745. The Hall–Kier alpha value is -2.04. The van der Waals surface area contributed by atoms with E-state index in [4.69, 9.17) is 0 Å². The maximum atomic E-state index is 12.5. The molecule has 1 aromatic carbocycles. The molecule has 3 fully saturated rings. The van der Waals surface area contributed by atoms with Crippen LogP contribution in [0.2, 0.25) is 0 Å². The van der Waals surface area contributed by atoms with Crippen LogP contribution in [0.4, 0.5) is 10.5 Å². The third-order valence-electron chi connectivity index (χ3n) is 6.32. The van der Waals surface area contributed by atoms with Crippen LogP contribution in [0.1, 0.15) is 50.0 Å². The fourth-order valence-corrected chi connectivity index (χ4v) is 4.58. The van der Waals surface area contributed by atoms with E-state index in [1.54, 1.807) is 4.90 Å². The molecule has 2 atom stereocenters. The molecule has 1 aromatic rings. The molecule has 0 aromatic heterocycles. The van der Waals surface area contributed by atoms with Crippen molar-refractivity contribution in [2.45, 2.75) is 44.4 Å². The van der Waals surface area contributed by atoms with Crippen molar-refractivity contribution >= 4 is 17.7 Å². The average molecular weight is 328 g/mol. The summed E-state index contributed by atoms with van der Waals surface area (Å²) in [5.41, 5.74) is 1.41. The van der Waals surface area contributed by atoms with Crippen LogP contribution < -0.4 is 5.32 Å². The van der Waals surface area contributed by atoms with Gasteiger partial charge in [0.05, 0.1) is 5.41 Å². The predicted molar refractivity (Wildman–Crippen MR) is 91.0 cm³/mol. The maximum absolute atomic E-state index is 12.5. The summed E-state index contributed by atoms with van der Waals surface area (Å²) in [5.74, 6) is 0.0371. The first-order chi connectivity index (χ1) is 11.6. The molecule has 2 amide bonds. The quantitative estimate of drug-likeness (QED) is 0.889. The first kappa shape index (κ1) is 15.5. The van der Waals surface area contributed by atoms with Crippen molar-refractivity contribution in [1.82, 2.24) is 4.90 Å². The lowest BCUT2D eigenvalue weighted by Gasteiger charge is -2.26. The summed E-state index contributed by atoms with van der Waals surface area (Å²) in [7, 11) is 0. The highest BCUT2D eigenvalue weighted by atomic mass is 16.4. The zero-order valence-electron chi connectivity index (χ0n) is 13.8. The molecule has 0 bridgehead atoms. The van der Waals surface area contributed by atoms with Crippen LogP contribution in [0.5, 0.6) is 0 Å². The second-order valence-electron chi connectivity index (χ2n) is 7.61. The number of rotatable bonds is 3. The Morgan fingerprint density at radius 1 is 1.12 bits per heavy atom. The molecule has 128 valence electrons. The second kappa shape index (κ2) is 5.80. The summed E-state index contributed by atoms with van der Waals surface area (Å²) in [5, 5.41) is 12.5. The minimum Gasteiger partial charge on any atom is -0.481 e. The van der Waals surface area contributed by atoms with E-state index in [1.807, 2.05) is 12.1 Å². The lowest BCUT2D eigenvalue weighted by atomic mass is 9.80. The van der Waals surface area contributed by atoms with Crippen LogP contribution in [0.3, 0.4) is 0 Å². The Labute approximate surface area is 142 Å². The number of carboxylic acid groups (broad SMARTS) is 1. The van der Waals surface area contributed by atoms with Crippen LogP contribution in [-0.4, -0.2) is 35.1 Å². The summed E-state index contributed by atoms with van der Waals surface area (Å²) in [6, 6.07) is 7.92. The van der Waals surface area contributed by atoms with Gasteiger partial charge in [0.15, 0.2) is 0 Å². The van der Waals surface area contributed by atoms with E-state index in [0.717, 1.165) is 18.5 Å². The molecule has 0 unspecified atom stereocenters. The van der Waals surface area contributed by atoms with Gasteiger partial charge in [0, 0.05) is 18.8 Å².